The summed E-state index contributed by atoms with van der Waals surface area (Å²) in [5, 5.41) is 0. The van der Waals surface area contributed by atoms with Crippen LogP contribution in [0.25, 0.3) is 0 Å². The minimum absolute atomic E-state index is 0.937. The molecular formula is C23H40O. The number of hydrogen-bond donors (Lipinski definition) is 0. The molecule has 1 rings (SSSR count). The highest BCUT2D eigenvalue weighted by molar-refractivity contribution is 5.14. The molecule has 1 aromatic rings. The lowest BCUT2D eigenvalue weighted by molar-refractivity contribution is 0.130. The molecule has 0 radical (unpaired) electrons. The highest BCUT2D eigenvalue weighted by Crippen LogP contribution is 2.13. The van der Waals surface area contributed by atoms with Gasteiger partial charge in [-0.15, -0.1) is 0 Å². The molecule has 0 aliphatic rings. The second-order valence-electron chi connectivity index (χ2n) is 7.09. The van der Waals surface area contributed by atoms with Gasteiger partial charge in [-0.05, 0) is 31.2 Å². The molecule has 24 heavy (non-hydrogen) atoms. The summed E-state index contributed by atoms with van der Waals surface area (Å²) in [7, 11) is 0. The highest BCUT2D eigenvalue weighted by Gasteiger charge is 1.95. The van der Waals surface area contributed by atoms with Crippen LogP contribution in [0.1, 0.15) is 96.0 Å². The van der Waals surface area contributed by atoms with Crippen molar-refractivity contribution >= 4 is 0 Å². The molecule has 0 bridgehead atoms. The van der Waals surface area contributed by atoms with Gasteiger partial charge in [0.2, 0.25) is 0 Å². The van der Waals surface area contributed by atoms with Crippen molar-refractivity contribution in [3.63, 3.8) is 0 Å². The lowest BCUT2D eigenvalue weighted by Crippen LogP contribution is -1.95. The summed E-state index contributed by atoms with van der Waals surface area (Å²) in [6, 6.07) is 10.9. The zero-order valence-electron chi connectivity index (χ0n) is 16.1. The minimum Gasteiger partial charge on any atom is -0.381 e. The van der Waals surface area contributed by atoms with Gasteiger partial charge in [0.25, 0.3) is 0 Å². The topological polar surface area (TPSA) is 9.23 Å². The van der Waals surface area contributed by atoms with Gasteiger partial charge in [0.1, 0.15) is 0 Å². The number of ether oxygens (including phenoxy) is 1. The number of benzene rings is 1. The maximum absolute atomic E-state index is 5.51. The van der Waals surface area contributed by atoms with Gasteiger partial charge in [0, 0.05) is 13.2 Å². The fourth-order valence-electron chi connectivity index (χ4n) is 3.19. The van der Waals surface area contributed by atoms with Gasteiger partial charge in [-0.1, -0.05) is 101 Å². The molecule has 0 saturated heterocycles. The summed E-state index contributed by atoms with van der Waals surface area (Å²) < 4.78 is 5.51. The average Bonchev–Trinajstić information content (AvgIpc) is 2.62. The van der Waals surface area contributed by atoms with Gasteiger partial charge >= 0.3 is 0 Å². The zero-order chi connectivity index (χ0) is 17.1. The van der Waals surface area contributed by atoms with E-state index < -0.39 is 0 Å². The molecule has 0 heterocycles. The Hall–Kier alpha value is -0.820. The molecular weight excluding hydrogens is 292 g/mol. The van der Waals surface area contributed by atoms with Crippen LogP contribution in [-0.2, 0) is 11.2 Å². The minimum atomic E-state index is 0.937. The summed E-state index contributed by atoms with van der Waals surface area (Å²) in [4.78, 5) is 0. The Morgan fingerprint density at radius 3 is 1.62 bits per heavy atom. The van der Waals surface area contributed by atoms with Crippen LogP contribution in [0.2, 0.25) is 0 Å². The third-order valence-corrected chi connectivity index (χ3v) is 4.70. The SMILES string of the molecule is CCCOCCCCCCCCCCCCCCc1ccccc1. The van der Waals surface area contributed by atoms with Crippen LogP contribution >= 0.6 is 0 Å². The van der Waals surface area contributed by atoms with Crippen molar-refractivity contribution in [2.24, 2.45) is 0 Å². The molecule has 1 aromatic carbocycles. The second kappa shape index (κ2) is 17.0. The van der Waals surface area contributed by atoms with Gasteiger partial charge in [0.15, 0.2) is 0 Å². The predicted molar refractivity (Wildman–Crippen MR) is 107 cm³/mol. The molecule has 0 N–H and O–H groups in total. The molecule has 0 aliphatic heterocycles. The largest absolute Gasteiger partial charge is 0.381 e. The van der Waals surface area contributed by atoms with Crippen molar-refractivity contribution in [1.29, 1.82) is 0 Å². The lowest BCUT2D eigenvalue weighted by atomic mass is 10.0. The van der Waals surface area contributed by atoms with Gasteiger partial charge < -0.3 is 4.74 Å². The molecule has 1 nitrogen and oxygen atoms in total. The molecule has 0 spiro atoms. The maximum Gasteiger partial charge on any atom is 0.0466 e. The van der Waals surface area contributed by atoms with Gasteiger partial charge in [-0.25, -0.2) is 0 Å². The maximum atomic E-state index is 5.51. The monoisotopic (exact) mass is 332 g/mol. The van der Waals surface area contributed by atoms with E-state index in [9.17, 15) is 0 Å². The summed E-state index contributed by atoms with van der Waals surface area (Å²) in [6.07, 6.45) is 19.2. The van der Waals surface area contributed by atoms with E-state index in [1.165, 1.54) is 89.0 Å². The molecule has 0 aliphatic carbocycles. The van der Waals surface area contributed by atoms with Gasteiger partial charge in [-0.2, -0.15) is 0 Å². The van der Waals surface area contributed by atoms with Gasteiger partial charge in [-0.3, -0.25) is 0 Å². The first-order valence-electron chi connectivity index (χ1n) is 10.5. The Labute approximate surface area is 151 Å². The van der Waals surface area contributed by atoms with Crippen LogP contribution in [0.4, 0.5) is 0 Å². The van der Waals surface area contributed by atoms with Crippen LogP contribution in [0.5, 0.6) is 0 Å². The normalized spacial score (nSPS) is 11.0. The first-order valence-corrected chi connectivity index (χ1v) is 10.5. The molecule has 0 atom stereocenters. The van der Waals surface area contributed by atoms with Crippen molar-refractivity contribution in [3.8, 4) is 0 Å². The van der Waals surface area contributed by atoms with E-state index in [0.717, 1.165) is 19.6 Å². The highest BCUT2D eigenvalue weighted by atomic mass is 16.5. The summed E-state index contributed by atoms with van der Waals surface area (Å²) in [6.45, 7) is 4.08. The first-order chi connectivity index (χ1) is 11.9. The Morgan fingerprint density at radius 1 is 0.583 bits per heavy atom. The molecule has 0 amide bonds. The lowest BCUT2D eigenvalue weighted by Gasteiger charge is -2.04. The predicted octanol–water partition coefficient (Wildman–Crippen LogP) is 7.34. The van der Waals surface area contributed by atoms with E-state index in [0.29, 0.717) is 0 Å². The molecule has 0 aromatic heterocycles. The van der Waals surface area contributed by atoms with Crippen LogP contribution < -0.4 is 0 Å². The van der Waals surface area contributed by atoms with E-state index >= 15 is 0 Å². The first kappa shape index (κ1) is 21.2. The number of unbranched alkanes of at least 4 members (excludes halogenated alkanes) is 11. The number of aryl methyl sites for hydroxylation is 1. The Bertz CT molecular complexity index is 346. The summed E-state index contributed by atoms with van der Waals surface area (Å²) in [5.41, 5.74) is 1.49. The standard InChI is InChI=1S/C23H40O/c1-2-21-24-22-17-12-10-8-6-4-3-5-7-9-11-14-18-23-19-15-13-16-20-23/h13,15-16,19-20H,2-12,14,17-18,21-22H2,1H3. The average molecular weight is 333 g/mol. The van der Waals surface area contributed by atoms with Crippen molar-refractivity contribution in [2.75, 3.05) is 13.2 Å². The van der Waals surface area contributed by atoms with E-state index in [4.69, 9.17) is 4.74 Å². The van der Waals surface area contributed by atoms with E-state index in [-0.39, 0.29) is 0 Å². The molecule has 0 fully saturated rings. The molecule has 1 heteroatoms. The van der Waals surface area contributed by atoms with Crippen molar-refractivity contribution in [1.82, 2.24) is 0 Å². The summed E-state index contributed by atoms with van der Waals surface area (Å²) >= 11 is 0. The number of rotatable bonds is 17. The fourth-order valence-corrected chi connectivity index (χ4v) is 3.19. The Kier molecular flexibility index (Phi) is 15.0. The van der Waals surface area contributed by atoms with Crippen molar-refractivity contribution in [3.05, 3.63) is 35.9 Å². The molecule has 0 unspecified atom stereocenters. The number of hydrogen-bond acceptors (Lipinski definition) is 1. The third-order valence-electron chi connectivity index (χ3n) is 4.70. The quantitative estimate of drug-likeness (QED) is 0.271. The third kappa shape index (κ3) is 13.6. The fraction of sp³-hybridized carbons (Fsp3) is 0.739. The van der Waals surface area contributed by atoms with Crippen LogP contribution in [0, 0.1) is 0 Å². The molecule has 138 valence electrons. The summed E-state index contributed by atoms with van der Waals surface area (Å²) in [5.74, 6) is 0. The van der Waals surface area contributed by atoms with Crippen LogP contribution in [0.15, 0.2) is 30.3 Å². The van der Waals surface area contributed by atoms with Crippen molar-refractivity contribution in [2.45, 2.75) is 96.8 Å². The van der Waals surface area contributed by atoms with Crippen molar-refractivity contribution < 1.29 is 4.74 Å². The zero-order valence-corrected chi connectivity index (χ0v) is 16.1. The van der Waals surface area contributed by atoms with Gasteiger partial charge in [0.05, 0.1) is 0 Å². The van der Waals surface area contributed by atoms with Crippen LogP contribution in [-0.4, -0.2) is 13.2 Å². The van der Waals surface area contributed by atoms with E-state index in [1.807, 2.05) is 0 Å². The molecule has 0 saturated carbocycles. The van der Waals surface area contributed by atoms with E-state index in [1.54, 1.807) is 0 Å². The van der Waals surface area contributed by atoms with E-state index in [2.05, 4.69) is 37.3 Å². The Balaban J connectivity index is 1.70. The smallest absolute Gasteiger partial charge is 0.0466 e. The Morgan fingerprint density at radius 2 is 1.08 bits per heavy atom. The second-order valence-corrected chi connectivity index (χ2v) is 7.09. The van der Waals surface area contributed by atoms with Crippen LogP contribution in [0.3, 0.4) is 0 Å².